The number of pyridine rings is 1. The second kappa shape index (κ2) is 6.76. The molecule has 0 aromatic carbocycles. The molecular weight excluding hydrogens is 332 g/mol. The maximum Gasteiger partial charge on any atom is 0.254 e. The number of nitrogens with zero attached hydrogens (tertiary/aromatic N) is 3. The third-order valence-electron chi connectivity index (χ3n) is 4.34. The minimum absolute atomic E-state index is 0.0977. The van der Waals surface area contributed by atoms with Crippen molar-refractivity contribution in [3.8, 4) is 0 Å². The summed E-state index contributed by atoms with van der Waals surface area (Å²) in [6.45, 7) is 2.07. The van der Waals surface area contributed by atoms with Gasteiger partial charge in [0.15, 0.2) is 9.84 Å². The maximum atomic E-state index is 12.6. The van der Waals surface area contributed by atoms with Gasteiger partial charge in [-0.1, -0.05) is 0 Å². The number of hydrogen-bond donors (Lipinski definition) is 1. The zero-order valence-electron chi connectivity index (χ0n) is 13.2. The summed E-state index contributed by atoms with van der Waals surface area (Å²) in [6, 6.07) is 3.13. The Hall–Kier alpha value is -2.16. The molecule has 130 valence electrons. The standard InChI is InChI=1S/C15H20N4O4S/c20-11-18-4-6-19(7-5-18)15(21)12-1-3-16-14(9-12)17-13-2-8-24(22,23)10-13/h1,3,9,11,13H,2,4-8,10H2,(H,16,17). The molecular formula is C15H20N4O4S. The Labute approximate surface area is 140 Å². The van der Waals surface area contributed by atoms with E-state index < -0.39 is 9.84 Å². The van der Waals surface area contributed by atoms with Gasteiger partial charge < -0.3 is 15.1 Å². The molecule has 2 fully saturated rings. The van der Waals surface area contributed by atoms with Crippen molar-refractivity contribution in [3.05, 3.63) is 23.9 Å². The van der Waals surface area contributed by atoms with Crippen molar-refractivity contribution in [2.24, 2.45) is 0 Å². The first-order valence-corrected chi connectivity index (χ1v) is 9.70. The van der Waals surface area contributed by atoms with Gasteiger partial charge >= 0.3 is 0 Å². The largest absolute Gasteiger partial charge is 0.366 e. The molecule has 8 nitrogen and oxygen atoms in total. The number of aromatic nitrogens is 1. The number of carbonyl (C=O) groups is 2. The van der Waals surface area contributed by atoms with Gasteiger partial charge in [0.2, 0.25) is 6.41 Å². The molecule has 0 bridgehead atoms. The van der Waals surface area contributed by atoms with Crippen LogP contribution in [0.2, 0.25) is 0 Å². The first-order valence-electron chi connectivity index (χ1n) is 7.88. The fourth-order valence-electron chi connectivity index (χ4n) is 2.97. The van der Waals surface area contributed by atoms with E-state index in [0.29, 0.717) is 44.0 Å². The highest BCUT2D eigenvalue weighted by Gasteiger charge is 2.28. The fraction of sp³-hybridized carbons (Fsp3) is 0.533. The van der Waals surface area contributed by atoms with Crippen LogP contribution in [0.1, 0.15) is 16.8 Å². The molecule has 0 saturated carbocycles. The molecule has 0 spiro atoms. The minimum Gasteiger partial charge on any atom is -0.366 e. The van der Waals surface area contributed by atoms with Gasteiger partial charge in [0.1, 0.15) is 5.82 Å². The van der Waals surface area contributed by atoms with Gasteiger partial charge in [-0.05, 0) is 18.6 Å². The Morgan fingerprint density at radius 1 is 1.29 bits per heavy atom. The molecule has 2 amide bonds. The van der Waals surface area contributed by atoms with Gasteiger partial charge in [-0.2, -0.15) is 0 Å². The van der Waals surface area contributed by atoms with Gasteiger partial charge in [-0.25, -0.2) is 13.4 Å². The molecule has 1 N–H and O–H groups in total. The van der Waals surface area contributed by atoms with E-state index in [4.69, 9.17) is 0 Å². The van der Waals surface area contributed by atoms with Crippen LogP contribution in [0.25, 0.3) is 0 Å². The normalized spacial score (nSPS) is 23.1. The number of nitrogens with one attached hydrogen (secondary N) is 1. The molecule has 2 saturated heterocycles. The molecule has 0 radical (unpaired) electrons. The van der Waals surface area contributed by atoms with Crippen molar-refractivity contribution in [1.82, 2.24) is 14.8 Å². The number of hydrogen-bond acceptors (Lipinski definition) is 6. The monoisotopic (exact) mass is 352 g/mol. The zero-order chi connectivity index (χ0) is 17.2. The molecule has 1 aromatic rings. The Morgan fingerprint density at radius 2 is 2.04 bits per heavy atom. The van der Waals surface area contributed by atoms with E-state index in [-0.39, 0.29) is 23.5 Å². The summed E-state index contributed by atoms with van der Waals surface area (Å²) in [5, 5.41) is 3.10. The fourth-order valence-corrected chi connectivity index (χ4v) is 4.65. The summed E-state index contributed by atoms with van der Waals surface area (Å²) >= 11 is 0. The lowest BCUT2D eigenvalue weighted by atomic mass is 10.2. The highest BCUT2D eigenvalue weighted by atomic mass is 32.2. The number of rotatable bonds is 4. The van der Waals surface area contributed by atoms with Crippen LogP contribution in [0.15, 0.2) is 18.3 Å². The first-order chi connectivity index (χ1) is 11.5. The summed E-state index contributed by atoms with van der Waals surface area (Å²) in [7, 11) is -2.97. The van der Waals surface area contributed by atoms with E-state index in [1.807, 2.05) is 0 Å². The number of anilines is 1. The summed E-state index contributed by atoms with van der Waals surface area (Å²) in [4.78, 5) is 30.8. The molecule has 9 heteroatoms. The lowest BCUT2D eigenvalue weighted by Crippen LogP contribution is -2.48. The van der Waals surface area contributed by atoms with Crippen LogP contribution >= 0.6 is 0 Å². The molecule has 1 aromatic heterocycles. The third-order valence-corrected chi connectivity index (χ3v) is 6.11. The Kier molecular flexibility index (Phi) is 4.70. The Balaban J connectivity index is 1.64. The molecule has 3 rings (SSSR count). The van der Waals surface area contributed by atoms with Crippen molar-refractivity contribution in [2.45, 2.75) is 12.5 Å². The van der Waals surface area contributed by atoms with Crippen molar-refractivity contribution in [1.29, 1.82) is 0 Å². The number of carbonyl (C=O) groups excluding carboxylic acids is 2. The molecule has 1 unspecified atom stereocenters. The van der Waals surface area contributed by atoms with Crippen molar-refractivity contribution in [3.63, 3.8) is 0 Å². The quantitative estimate of drug-likeness (QED) is 0.740. The van der Waals surface area contributed by atoms with E-state index in [1.54, 1.807) is 28.1 Å². The van der Waals surface area contributed by atoms with E-state index in [2.05, 4.69) is 10.3 Å². The van der Waals surface area contributed by atoms with Crippen LogP contribution in [-0.2, 0) is 14.6 Å². The lowest BCUT2D eigenvalue weighted by Gasteiger charge is -2.32. The van der Waals surface area contributed by atoms with Gasteiger partial charge in [-0.3, -0.25) is 9.59 Å². The van der Waals surface area contributed by atoms with Gasteiger partial charge in [0.25, 0.3) is 5.91 Å². The van der Waals surface area contributed by atoms with Gasteiger partial charge in [-0.15, -0.1) is 0 Å². The Morgan fingerprint density at radius 3 is 2.67 bits per heavy atom. The number of piperazine rings is 1. The van der Waals surface area contributed by atoms with Crippen molar-refractivity contribution >= 4 is 28.0 Å². The Bertz CT molecular complexity index is 729. The molecule has 24 heavy (non-hydrogen) atoms. The van der Waals surface area contributed by atoms with Crippen LogP contribution in [0.4, 0.5) is 5.82 Å². The average Bonchev–Trinajstić information content (AvgIpc) is 2.93. The second-order valence-corrected chi connectivity index (χ2v) is 8.34. The summed E-state index contributed by atoms with van der Waals surface area (Å²) in [5.74, 6) is 0.685. The third kappa shape index (κ3) is 3.84. The predicted octanol–water partition coefficient (Wildman–Crippen LogP) is -0.405. The van der Waals surface area contributed by atoms with Crippen LogP contribution in [0.3, 0.4) is 0 Å². The summed E-state index contributed by atoms with van der Waals surface area (Å²) in [5.41, 5.74) is 0.507. The van der Waals surface area contributed by atoms with Crippen LogP contribution < -0.4 is 5.32 Å². The number of sulfone groups is 1. The number of amides is 2. The maximum absolute atomic E-state index is 12.6. The van der Waals surface area contributed by atoms with Gasteiger partial charge in [0.05, 0.1) is 11.5 Å². The lowest BCUT2D eigenvalue weighted by molar-refractivity contribution is -0.119. The SMILES string of the molecule is O=CN1CCN(C(=O)c2ccnc(NC3CCS(=O)(=O)C3)c2)CC1. The van der Waals surface area contributed by atoms with E-state index >= 15 is 0 Å². The predicted molar refractivity (Wildman–Crippen MR) is 88.5 cm³/mol. The van der Waals surface area contributed by atoms with Crippen LogP contribution in [-0.4, -0.2) is 79.2 Å². The van der Waals surface area contributed by atoms with E-state index in [9.17, 15) is 18.0 Å². The topological polar surface area (TPSA) is 99.7 Å². The second-order valence-electron chi connectivity index (χ2n) is 6.11. The van der Waals surface area contributed by atoms with Crippen LogP contribution in [0.5, 0.6) is 0 Å². The minimum atomic E-state index is -2.97. The summed E-state index contributed by atoms with van der Waals surface area (Å²) in [6.07, 6.45) is 2.89. The van der Waals surface area contributed by atoms with Crippen molar-refractivity contribution in [2.75, 3.05) is 43.0 Å². The van der Waals surface area contributed by atoms with Crippen molar-refractivity contribution < 1.29 is 18.0 Å². The zero-order valence-corrected chi connectivity index (χ0v) is 14.0. The first kappa shape index (κ1) is 16.7. The molecule has 0 aliphatic carbocycles. The molecule has 2 aliphatic heterocycles. The van der Waals surface area contributed by atoms with E-state index in [0.717, 1.165) is 6.41 Å². The van der Waals surface area contributed by atoms with Gasteiger partial charge in [0, 0.05) is 44.0 Å². The highest BCUT2D eigenvalue weighted by Crippen LogP contribution is 2.17. The molecule has 3 heterocycles. The molecule has 2 aliphatic rings. The average molecular weight is 352 g/mol. The molecule has 1 atom stereocenters. The van der Waals surface area contributed by atoms with E-state index in [1.165, 1.54) is 0 Å². The smallest absolute Gasteiger partial charge is 0.254 e. The van der Waals surface area contributed by atoms with Crippen LogP contribution in [0, 0.1) is 0 Å². The highest BCUT2D eigenvalue weighted by molar-refractivity contribution is 7.91. The summed E-state index contributed by atoms with van der Waals surface area (Å²) < 4.78 is 23.0.